The Hall–Kier alpha value is -2.94. The van der Waals surface area contributed by atoms with Crippen molar-refractivity contribution >= 4 is 12.1 Å². The molecule has 0 radical (unpaired) electrons. The van der Waals surface area contributed by atoms with Crippen molar-refractivity contribution < 1.29 is 33.3 Å². The monoisotopic (exact) mass is 471 g/mol. The molecule has 0 bridgehead atoms. The Labute approximate surface area is 200 Å². The summed E-state index contributed by atoms with van der Waals surface area (Å²) in [5, 5.41) is 2.71. The zero-order chi connectivity index (χ0) is 24.6. The minimum atomic E-state index is -1.00. The molecule has 0 unspecified atom stereocenters. The number of esters is 1. The molecular formula is C26H33NO7. The van der Waals surface area contributed by atoms with Crippen LogP contribution in [0.5, 0.6) is 0 Å². The highest BCUT2D eigenvalue weighted by molar-refractivity contribution is 5.76. The lowest BCUT2D eigenvalue weighted by atomic mass is 10.1. The van der Waals surface area contributed by atoms with Crippen molar-refractivity contribution in [3.63, 3.8) is 0 Å². The Morgan fingerprint density at radius 1 is 0.882 bits per heavy atom. The normalized spacial score (nSPS) is 22.2. The Balaban J connectivity index is 1.76. The number of alkyl carbamates (subject to hydrolysis) is 1. The van der Waals surface area contributed by atoms with Crippen LogP contribution in [0.1, 0.15) is 31.9 Å². The van der Waals surface area contributed by atoms with Gasteiger partial charge in [0, 0.05) is 6.54 Å². The summed E-state index contributed by atoms with van der Waals surface area (Å²) in [6, 6.07) is 19.3. The molecule has 0 saturated carbocycles. The van der Waals surface area contributed by atoms with Gasteiger partial charge >= 0.3 is 12.1 Å². The first kappa shape index (κ1) is 25.7. The van der Waals surface area contributed by atoms with Gasteiger partial charge in [-0.05, 0) is 31.9 Å². The Morgan fingerprint density at radius 2 is 1.41 bits per heavy atom. The molecule has 34 heavy (non-hydrogen) atoms. The first-order chi connectivity index (χ1) is 16.3. The zero-order valence-electron chi connectivity index (χ0n) is 20.1. The van der Waals surface area contributed by atoms with Crippen molar-refractivity contribution in [1.29, 1.82) is 0 Å². The number of benzene rings is 2. The van der Waals surface area contributed by atoms with Crippen molar-refractivity contribution in [2.75, 3.05) is 13.7 Å². The predicted octanol–water partition coefficient (Wildman–Crippen LogP) is 3.62. The number of nitrogens with one attached hydrogen (secondary N) is 1. The van der Waals surface area contributed by atoms with Crippen LogP contribution in [-0.4, -0.2) is 55.7 Å². The number of amides is 1. The summed E-state index contributed by atoms with van der Waals surface area (Å²) in [5.74, 6) is -0.564. The Bertz CT molecular complexity index is 914. The lowest BCUT2D eigenvalue weighted by Gasteiger charge is -2.25. The van der Waals surface area contributed by atoms with E-state index in [1.807, 2.05) is 60.7 Å². The maximum Gasteiger partial charge on any atom is 0.407 e. The van der Waals surface area contributed by atoms with Crippen molar-refractivity contribution in [1.82, 2.24) is 5.32 Å². The van der Waals surface area contributed by atoms with Gasteiger partial charge in [0.25, 0.3) is 0 Å². The molecule has 2 aromatic carbocycles. The Kier molecular flexibility index (Phi) is 9.04. The first-order valence-corrected chi connectivity index (χ1v) is 11.3. The van der Waals surface area contributed by atoms with Gasteiger partial charge in [-0.2, -0.15) is 0 Å². The highest BCUT2D eigenvalue weighted by Gasteiger charge is 2.50. The van der Waals surface area contributed by atoms with Crippen LogP contribution in [0.25, 0.3) is 0 Å². The lowest BCUT2D eigenvalue weighted by molar-refractivity contribution is -0.159. The molecule has 2 aromatic rings. The van der Waals surface area contributed by atoms with Crippen LogP contribution in [0.2, 0.25) is 0 Å². The molecule has 1 aliphatic rings. The van der Waals surface area contributed by atoms with E-state index in [2.05, 4.69) is 5.32 Å². The number of rotatable bonds is 9. The second kappa shape index (κ2) is 12.0. The fourth-order valence-electron chi connectivity index (χ4n) is 3.61. The smallest absolute Gasteiger partial charge is 0.407 e. The highest BCUT2D eigenvalue weighted by atomic mass is 16.6. The van der Waals surface area contributed by atoms with E-state index >= 15 is 0 Å². The third kappa shape index (κ3) is 7.55. The van der Waals surface area contributed by atoms with E-state index < -0.39 is 42.1 Å². The standard InChI is InChI=1S/C26H33NO7/c1-26(2,3)34-25(29)27-15-20-21(31-16-18-11-7-5-8-12-18)22(23(33-20)24(28)30-4)32-17-19-13-9-6-10-14-19/h5-14,20-23H,15-17H2,1-4H3,(H,27,29)/t20-,21+,22-,23-/m0/s1. The minimum Gasteiger partial charge on any atom is -0.467 e. The molecule has 1 fully saturated rings. The van der Waals surface area contributed by atoms with Gasteiger partial charge in [-0.3, -0.25) is 0 Å². The van der Waals surface area contributed by atoms with Gasteiger partial charge in [0.15, 0.2) is 6.10 Å². The molecule has 0 aromatic heterocycles. The zero-order valence-corrected chi connectivity index (χ0v) is 20.1. The first-order valence-electron chi connectivity index (χ1n) is 11.3. The summed E-state index contributed by atoms with van der Waals surface area (Å²) in [6.45, 7) is 5.98. The molecule has 1 heterocycles. The molecule has 0 aliphatic carbocycles. The molecule has 3 rings (SSSR count). The van der Waals surface area contributed by atoms with Gasteiger partial charge in [-0.15, -0.1) is 0 Å². The van der Waals surface area contributed by atoms with E-state index in [0.29, 0.717) is 0 Å². The van der Waals surface area contributed by atoms with Crippen LogP contribution >= 0.6 is 0 Å². The maximum absolute atomic E-state index is 12.5. The van der Waals surface area contributed by atoms with Crippen molar-refractivity contribution in [3.05, 3.63) is 71.8 Å². The van der Waals surface area contributed by atoms with Crippen LogP contribution in [-0.2, 0) is 41.7 Å². The number of ether oxygens (including phenoxy) is 5. The summed E-state index contributed by atoms with van der Waals surface area (Å²) in [7, 11) is 1.30. The van der Waals surface area contributed by atoms with Gasteiger partial charge in [0.05, 0.1) is 20.3 Å². The van der Waals surface area contributed by atoms with E-state index in [1.54, 1.807) is 20.8 Å². The average molecular weight is 472 g/mol. The van der Waals surface area contributed by atoms with Crippen LogP contribution < -0.4 is 5.32 Å². The number of methoxy groups -OCH3 is 1. The van der Waals surface area contributed by atoms with E-state index in [1.165, 1.54) is 7.11 Å². The lowest BCUT2D eigenvalue weighted by Crippen LogP contribution is -2.44. The Morgan fingerprint density at radius 3 is 1.91 bits per heavy atom. The van der Waals surface area contributed by atoms with Crippen molar-refractivity contribution in [2.45, 2.75) is 64.0 Å². The fraction of sp³-hybridized carbons (Fsp3) is 0.462. The second-order valence-corrected chi connectivity index (χ2v) is 9.02. The van der Waals surface area contributed by atoms with Gasteiger partial charge in [-0.25, -0.2) is 9.59 Å². The molecule has 1 amide bonds. The topological polar surface area (TPSA) is 92.3 Å². The van der Waals surface area contributed by atoms with E-state index in [4.69, 9.17) is 23.7 Å². The number of hydrogen-bond donors (Lipinski definition) is 1. The van der Waals surface area contributed by atoms with Gasteiger partial charge in [0.1, 0.15) is 23.9 Å². The summed E-state index contributed by atoms with van der Waals surface area (Å²) in [4.78, 5) is 24.7. The van der Waals surface area contributed by atoms with Gasteiger partial charge < -0.3 is 29.0 Å². The summed E-state index contributed by atoms with van der Waals surface area (Å²) < 4.78 is 28.6. The highest BCUT2D eigenvalue weighted by Crippen LogP contribution is 2.29. The third-order valence-electron chi connectivity index (χ3n) is 5.16. The van der Waals surface area contributed by atoms with Crippen LogP contribution in [0.4, 0.5) is 4.79 Å². The molecule has 1 aliphatic heterocycles. The molecule has 0 spiro atoms. The second-order valence-electron chi connectivity index (χ2n) is 9.02. The number of hydrogen-bond acceptors (Lipinski definition) is 7. The maximum atomic E-state index is 12.5. The third-order valence-corrected chi connectivity index (χ3v) is 5.16. The SMILES string of the molecule is COC(=O)[C@H]1O[C@@H](CNC(=O)OC(C)(C)C)[C@@H](OCc2ccccc2)[C@@H]1OCc1ccccc1. The van der Waals surface area contributed by atoms with Crippen molar-refractivity contribution in [2.24, 2.45) is 0 Å². The van der Waals surface area contributed by atoms with Crippen LogP contribution in [0.3, 0.4) is 0 Å². The predicted molar refractivity (Wildman–Crippen MR) is 125 cm³/mol. The molecular weight excluding hydrogens is 438 g/mol. The van der Waals surface area contributed by atoms with E-state index in [0.717, 1.165) is 11.1 Å². The number of carbonyl (C=O) groups excluding carboxylic acids is 2. The molecule has 184 valence electrons. The van der Waals surface area contributed by atoms with Gasteiger partial charge in [0.2, 0.25) is 0 Å². The van der Waals surface area contributed by atoms with E-state index in [9.17, 15) is 9.59 Å². The van der Waals surface area contributed by atoms with Gasteiger partial charge in [-0.1, -0.05) is 60.7 Å². The molecule has 1 N–H and O–H groups in total. The summed E-state index contributed by atoms with van der Waals surface area (Å²) >= 11 is 0. The molecule has 1 saturated heterocycles. The van der Waals surface area contributed by atoms with Crippen LogP contribution in [0.15, 0.2) is 60.7 Å². The summed E-state index contributed by atoms with van der Waals surface area (Å²) in [5.41, 5.74) is 1.27. The number of carbonyl (C=O) groups is 2. The largest absolute Gasteiger partial charge is 0.467 e. The average Bonchev–Trinajstić information content (AvgIpc) is 3.17. The summed E-state index contributed by atoms with van der Waals surface area (Å²) in [6.07, 6.45) is -3.60. The quantitative estimate of drug-likeness (QED) is 0.559. The molecule has 8 nitrogen and oxygen atoms in total. The van der Waals surface area contributed by atoms with Crippen molar-refractivity contribution in [3.8, 4) is 0 Å². The fourth-order valence-corrected chi connectivity index (χ4v) is 3.61. The molecule has 8 heteroatoms. The van der Waals surface area contributed by atoms with E-state index in [-0.39, 0.29) is 19.8 Å². The van der Waals surface area contributed by atoms with Crippen LogP contribution in [0, 0.1) is 0 Å². The minimum absolute atomic E-state index is 0.0764. The molecule has 4 atom stereocenters.